The SMILES string of the molecule is CN1C(=O)NCc2cc(Nc3ccc(N4CCC(C(F)(F)F)CC4)cc3)ccc21. The van der Waals surface area contributed by atoms with Crippen molar-refractivity contribution in [3.8, 4) is 0 Å². The maximum absolute atomic E-state index is 12.8. The van der Waals surface area contributed by atoms with Crippen LogP contribution in [0.3, 0.4) is 0 Å². The first kappa shape index (κ1) is 19.4. The second kappa shape index (κ2) is 7.50. The molecule has 1 fully saturated rings. The van der Waals surface area contributed by atoms with Crippen molar-refractivity contribution in [3.63, 3.8) is 0 Å². The molecule has 4 rings (SSSR count). The third kappa shape index (κ3) is 4.11. The lowest BCUT2D eigenvalue weighted by Crippen LogP contribution is -2.41. The van der Waals surface area contributed by atoms with Crippen molar-refractivity contribution in [2.24, 2.45) is 5.92 Å². The molecule has 8 heteroatoms. The van der Waals surface area contributed by atoms with Crippen LogP contribution in [-0.4, -0.2) is 32.3 Å². The zero-order valence-corrected chi connectivity index (χ0v) is 16.1. The molecule has 0 spiro atoms. The highest BCUT2D eigenvalue weighted by Crippen LogP contribution is 2.35. The van der Waals surface area contributed by atoms with Crippen molar-refractivity contribution in [1.29, 1.82) is 0 Å². The smallest absolute Gasteiger partial charge is 0.372 e. The van der Waals surface area contributed by atoms with E-state index in [1.807, 2.05) is 47.4 Å². The minimum Gasteiger partial charge on any atom is -0.372 e. The molecule has 2 heterocycles. The maximum Gasteiger partial charge on any atom is 0.391 e. The number of urea groups is 1. The molecule has 2 aliphatic rings. The standard InChI is InChI=1S/C21H23F3N4O/c1-27-19-7-4-17(12-14(19)13-25-20(27)29)26-16-2-5-18(6-3-16)28-10-8-15(9-11-28)21(22,23)24/h2-7,12,15,26H,8-11,13H2,1H3,(H,25,29). The van der Waals surface area contributed by atoms with Gasteiger partial charge in [-0.3, -0.25) is 4.90 Å². The van der Waals surface area contributed by atoms with Crippen LogP contribution in [0.15, 0.2) is 42.5 Å². The van der Waals surface area contributed by atoms with E-state index in [2.05, 4.69) is 10.6 Å². The number of nitrogens with zero attached hydrogens (tertiary/aromatic N) is 2. The van der Waals surface area contributed by atoms with E-state index in [-0.39, 0.29) is 18.9 Å². The van der Waals surface area contributed by atoms with E-state index in [9.17, 15) is 18.0 Å². The number of alkyl halides is 3. The largest absolute Gasteiger partial charge is 0.391 e. The normalized spacial score (nSPS) is 17.7. The van der Waals surface area contributed by atoms with Gasteiger partial charge in [0, 0.05) is 43.7 Å². The third-order valence-electron chi connectivity index (χ3n) is 5.65. The fourth-order valence-corrected chi connectivity index (χ4v) is 3.92. The van der Waals surface area contributed by atoms with Crippen LogP contribution in [-0.2, 0) is 6.54 Å². The second-order valence-corrected chi connectivity index (χ2v) is 7.54. The number of fused-ring (bicyclic) bond motifs is 1. The van der Waals surface area contributed by atoms with Gasteiger partial charge in [-0.05, 0) is 60.9 Å². The molecule has 0 aromatic heterocycles. The summed E-state index contributed by atoms with van der Waals surface area (Å²) in [6.07, 6.45) is -3.81. The molecule has 154 valence electrons. The predicted molar refractivity (Wildman–Crippen MR) is 108 cm³/mol. The number of carbonyl (C=O) groups excluding carboxylic acids is 1. The molecular formula is C21H23F3N4O. The van der Waals surface area contributed by atoms with Gasteiger partial charge in [0.25, 0.3) is 0 Å². The number of hydrogen-bond donors (Lipinski definition) is 2. The van der Waals surface area contributed by atoms with Gasteiger partial charge in [0.2, 0.25) is 0 Å². The van der Waals surface area contributed by atoms with E-state index in [1.54, 1.807) is 11.9 Å². The Bertz CT molecular complexity index is 890. The molecule has 2 aromatic rings. The molecule has 2 N–H and O–H groups in total. The Morgan fingerprint density at radius 2 is 1.69 bits per heavy atom. The van der Waals surface area contributed by atoms with Crippen molar-refractivity contribution in [3.05, 3.63) is 48.0 Å². The average Bonchev–Trinajstić information content (AvgIpc) is 2.71. The lowest BCUT2D eigenvalue weighted by Gasteiger charge is -2.34. The summed E-state index contributed by atoms with van der Waals surface area (Å²) in [5.74, 6) is -1.19. The lowest BCUT2D eigenvalue weighted by molar-refractivity contribution is -0.179. The summed E-state index contributed by atoms with van der Waals surface area (Å²) < 4.78 is 38.5. The number of carbonyl (C=O) groups is 1. The lowest BCUT2D eigenvalue weighted by atomic mass is 9.96. The van der Waals surface area contributed by atoms with Crippen molar-refractivity contribution < 1.29 is 18.0 Å². The van der Waals surface area contributed by atoms with Crippen LogP contribution in [0.1, 0.15) is 18.4 Å². The van der Waals surface area contributed by atoms with Gasteiger partial charge in [-0.25, -0.2) is 4.79 Å². The fourth-order valence-electron chi connectivity index (χ4n) is 3.92. The second-order valence-electron chi connectivity index (χ2n) is 7.54. The van der Waals surface area contributed by atoms with Crippen LogP contribution in [0.4, 0.5) is 40.7 Å². The molecule has 2 aromatic carbocycles. The van der Waals surface area contributed by atoms with Gasteiger partial charge in [0.05, 0.1) is 11.6 Å². The summed E-state index contributed by atoms with van der Waals surface area (Å²) in [5, 5.41) is 6.16. The van der Waals surface area contributed by atoms with Crippen molar-refractivity contribution in [2.75, 3.05) is 35.3 Å². The monoisotopic (exact) mass is 404 g/mol. The Morgan fingerprint density at radius 3 is 2.34 bits per heavy atom. The van der Waals surface area contributed by atoms with Crippen molar-refractivity contribution in [1.82, 2.24) is 5.32 Å². The third-order valence-corrected chi connectivity index (χ3v) is 5.65. The number of hydrogen-bond acceptors (Lipinski definition) is 3. The number of anilines is 4. The summed E-state index contributed by atoms with van der Waals surface area (Å²) in [4.78, 5) is 15.3. The first-order valence-corrected chi connectivity index (χ1v) is 9.64. The minimum atomic E-state index is -4.09. The van der Waals surface area contributed by atoms with Gasteiger partial charge in [-0.15, -0.1) is 0 Å². The van der Waals surface area contributed by atoms with Crippen molar-refractivity contribution in [2.45, 2.75) is 25.6 Å². The van der Waals surface area contributed by atoms with E-state index in [4.69, 9.17) is 0 Å². The Labute approximate surface area is 167 Å². The van der Waals surface area contributed by atoms with Gasteiger partial charge in [-0.2, -0.15) is 13.2 Å². The molecule has 5 nitrogen and oxygen atoms in total. The minimum absolute atomic E-state index is 0.118. The van der Waals surface area contributed by atoms with Crippen LogP contribution >= 0.6 is 0 Å². The zero-order valence-electron chi connectivity index (χ0n) is 16.1. The molecule has 0 saturated carbocycles. The fraction of sp³-hybridized carbons (Fsp3) is 0.381. The highest BCUT2D eigenvalue weighted by atomic mass is 19.4. The Morgan fingerprint density at radius 1 is 1.03 bits per heavy atom. The van der Waals surface area contributed by atoms with E-state index in [0.29, 0.717) is 19.6 Å². The van der Waals surface area contributed by atoms with Gasteiger partial charge in [0.15, 0.2) is 0 Å². The topological polar surface area (TPSA) is 47.6 Å². The zero-order chi connectivity index (χ0) is 20.6. The summed E-state index contributed by atoms with van der Waals surface area (Å²) >= 11 is 0. The van der Waals surface area contributed by atoms with Crippen LogP contribution in [0.25, 0.3) is 0 Å². The molecule has 2 aliphatic heterocycles. The molecule has 0 atom stereocenters. The molecule has 0 aliphatic carbocycles. The van der Waals surface area contributed by atoms with Gasteiger partial charge in [-0.1, -0.05) is 0 Å². The van der Waals surface area contributed by atoms with Gasteiger partial charge >= 0.3 is 12.2 Å². The van der Waals surface area contributed by atoms with Gasteiger partial charge in [0.1, 0.15) is 0 Å². The summed E-state index contributed by atoms with van der Waals surface area (Å²) in [6.45, 7) is 1.32. The summed E-state index contributed by atoms with van der Waals surface area (Å²) in [6, 6.07) is 13.4. The Hall–Kier alpha value is -2.90. The van der Waals surface area contributed by atoms with E-state index < -0.39 is 12.1 Å². The molecule has 0 radical (unpaired) electrons. The number of halogens is 3. The average molecular weight is 404 g/mol. The molecular weight excluding hydrogens is 381 g/mol. The van der Waals surface area contributed by atoms with Crippen LogP contribution in [0.2, 0.25) is 0 Å². The number of piperidine rings is 1. The summed E-state index contributed by atoms with van der Waals surface area (Å²) in [5.41, 5.74) is 4.66. The number of benzene rings is 2. The van der Waals surface area contributed by atoms with E-state index in [1.165, 1.54) is 0 Å². The van der Waals surface area contributed by atoms with E-state index in [0.717, 1.165) is 28.3 Å². The quantitative estimate of drug-likeness (QED) is 0.768. The molecule has 29 heavy (non-hydrogen) atoms. The predicted octanol–water partition coefficient (Wildman–Crippen LogP) is 4.87. The Balaban J connectivity index is 1.40. The highest BCUT2D eigenvalue weighted by molar-refractivity contribution is 5.94. The molecule has 0 unspecified atom stereocenters. The molecule has 1 saturated heterocycles. The number of rotatable bonds is 3. The first-order valence-electron chi connectivity index (χ1n) is 9.64. The van der Waals surface area contributed by atoms with Crippen molar-refractivity contribution >= 4 is 28.8 Å². The summed E-state index contributed by atoms with van der Waals surface area (Å²) in [7, 11) is 1.73. The maximum atomic E-state index is 12.8. The number of nitrogens with one attached hydrogen (secondary N) is 2. The Kier molecular flexibility index (Phi) is 5.02. The number of amides is 2. The molecule has 2 amide bonds. The first-order chi connectivity index (χ1) is 13.8. The van der Waals surface area contributed by atoms with Gasteiger partial charge < -0.3 is 15.5 Å². The van der Waals surface area contributed by atoms with E-state index >= 15 is 0 Å². The molecule has 0 bridgehead atoms. The van der Waals surface area contributed by atoms with Crippen LogP contribution in [0.5, 0.6) is 0 Å². The highest BCUT2D eigenvalue weighted by Gasteiger charge is 2.41. The van der Waals surface area contributed by atoms with Crippen LogP contribution in [0, 0.1) is 5.92 Å². The van der Waals surface area contributed by atoms with Crippen LogP contribution < -0.4 is 20.4 Å².